The number of benzene rings is 4. The van der Waals surface area contributed by atoms with Crippen molar-refractivity contribution in [3.8, 4) is 17.3 Å². The number of methoxy groups -OCH3 is 1. The van der Waals surface area contributed by atoms with E-state index >= 15 is 8.78 Å². The molecule has 1 amide bonds. The highest BCUT2D eigenvalue weighted by Crippen LogP contribution is 2.68. The Morgan fingerprint density at radius 3 is 2.29 bits per heavy atom. The quantitative estimate of drug-likeness (QED) is 0.0781. The first kappa shape index (κ1) is 49.6. The van der Waals surface area contributed by atoms with E-state index in [1.807, 2.05) is 0 Å². The molecule has 1 N–H and O–H groups in total. The van der Waals surface area contributed by atoms with Crippen LogP contribution >= 0.6 is 11.6 Å². The molecule has 3 heterocycles. The molecule has 4 aromatic carbocycles. The minimum absolute atomic E-state index is 0.0531. The van der Waals surface area contributed by atoms with E-state index in [-0.39, 0.29) is 64.0 Å². The van der Waals surface area contributed by atoms with Crippen molar-refractivity contribution < 1.29 is 57.8 Å². The third-order valence-electron chi connectivity index (χ3n) is 12.9. The lowest BCUT2D eigenvalue weighted by Gasteiger charge is -2.24. The number of ether oxygens (including phenoxy) is 2. The topological polar surface area (TPSA) is 155 Å². The molecule has 2 saturated carbocycles. The molecule has 3 aliphatic rings. The largest absolute Gasteiger partial charge is 0.497 e. The molecule has 14 nitrogen and oxygen atoms in total. The van der Waals surface area contributed by atoms with E-state index in [2.05, 4.69) is 20.5 Å². The summed E-state index contributed by atoms with van der Waals surface area (Å²) < 4.78 is 162. The Morgan fingerprint density at radius 2 is 1.63 bits per heavy atom. The number of alkyl halides is 6. The first-order chi connectivity index (χ1) is 34.8. The number of fused-ring (bicyclic) bond motifs is 4. The Balaban J connectivity index is 1.16. The number of aromatic nitrogens is 6. The van der Waals surface area contributed by atoms with Crippen LogP contribution in [0.2, 0.25) is 5.02 Å². The Hall–Kier alpha value is -7.01. The summed E-state index contributed by atoms with van der Waals surface area (Å²) in [5, 5.41) is 9.51. The third kappa shape index (κ3) is 9.59. The summed E-state index contributed by atoms with van der Waals surface area (Å²) in [6.07, 6.45) is -6.48. The number of rotatable bonds is 19. The van der Waals surface area contributed by atoms with Gasteiger partial charge in [0.25, 0.3) is 24.3 Å². The first-order valence-electron chi connectivity index (χ1n) is 22.8. The predicted molar refractivity (Wildman–Crippen MR) is 249 cm³/mol. The van der Waals surface area contributed by atoms with Gasteiger partial charge in [0.15, 0.2) is 5.82 Å². The standard InChI is InChI=1S/C49H41ClF8N8O6S/c1-71-30-9-7-25(8-10-30)21-65(73(69,70)31-11-12-31)48-42-34(50)13-14-36(44(42)63(62-48)22-37(53)54)66-40(68)20-39(72-24-26-5-3-2-4-6-26)60-47(66)35(17-27-15-28(51)18-29(52)16-27)59-38(67)23-64-45-41(43(61-64)46(55)56)32-19-33(32)49(45,57)58/h2-10,13-16,18,20,31-33,35,37,46H,11-12,17,19,21-24H2,1H3,(H,59,67)/t32-,33+,35-/m0/s1. The lowest BCUT2D eigenvalue weighted by Crippen LogP contribution is -2.38. The second kappa shape index (κ2) is 19.1. The van der Waals surface area contributed by atoms with Gasteiger partial charge in [-0.2, -0.15) is 24.0 Å². The predicted octanol–water partition coefficient (Wildman–Crippen LogP) is 9.31. The van der Waals surface area contributed by atoms with Crippen LogP contribution < -0.4 is 24.7 Å². The Labute approximate surface area is 415 Å². The van der Waals surface area contributed by atoms with Crippen LogP contribution in [0.25, 0.3) is 16.6 Å². The van der Waals surface area contributed by atoms with Crippen LogP contribution in [0.5, 0.6) is 11.6 Å². The fourth-order valence-electron chi connectivity index (χ4n) is 9.47. The van der Waals surface area contributed by atoms with Gasteiger partial charge in [-0.15, -0.1) is 0 Å². The van der Waals surface area contributed by atoms with E-state index < -0.39 is 112 Å². The second-order valence-corrected chi connectivity index (χ2v) is 20.5. The van der Waals surface area contributed by atoms with Crippen molar-refractivity contribution in [2.45, 2.75) is 87.9 Å². The molecule has 73 heavy (non-hydrogen) atoms. The van der Waals surface area contributed by atoms with Gasteiger partial charge in [-0.3, -0.25) is 23.5 Å². The van der Waals surface area contributed by atoms with Crippen molar-refractivity contribution in [1.82, 2.24) is 34.4 Å². The highest BCUT2D eigenvalue weighted by molar-refractivity contribution is 7.93. The van der Waals surface area contributed by atoms with E-state index in [0.717, 1.165) is 31.8 Å². The monoisotopic (exact) mass is 1060 g/mol. The van der Waals surface area contributed by atoms with Gasteiger partial charge in [0.05, 0.1) is 52.6 Å². The maximum absolute atomic E-state index is 15.7. The summed E-state index contributed by atoms with van der Waals surface area (Å²) in [5.41, 5.74) is -2.81. The zero-order valence-electron chi connectivity index (χ0n) is 38.2. The fraction of sp³-hybridized carbons (Fsp3) is 0.327. The van der Waals surface area contributed by atoms with Crippen molar-refractivity contribution >= 4 is 44.3 Å². The summed E-state index contributed by atoms with van der Waals surface area (Å²) >= 11 is 6.91. The minimum atomic E-state index is -4.28. The van der Waals surface area contributed by atoms with Crippen LogP contribution in [0.4, 0.5) is 40.9 Å². The van der Waals surface area contributed by atoms with Crippen LogP contribution in [0.15, 0.2) is 95.8 Å². The van der Waals surface area contributed by atoms with Gasteiger partial charge >= 0.3 is 0 Å². The molecule has 2 fully saturated rings. The molecule has 0 bridgehead atoms. The summed E-state index contributed by atoms with van der Waals surface area (Å²) in [5.74, 6) is -9.82. The highest BCUT2D eigenvalue weighted by atomic mass is 35.5. The molecule has 0 radical (unpaired) electrons. The van der Waals surface area contributed by atoms with E-state index in [4.69, 9.17) is 21.1 Å². The van der Waals surface area contributed by atoms with Crippen LogP contribution in [0, 0.1) is 17.6 Å². The first-order valence-corrected chi connectivity index (χ1v) is 24.6. The Morgan fingerprint density at radius 1 is 0.918 bits per heavy atom. The maximum atomic E-state index is 15.7. The number of hydrogen-bond donors (Lipinski definition) is 1. The van der Waals surface area contributed by atoms with E-state index in [9.17, 15) is 44.3 Å². The molecule has 3 aliphatic carbocycles. The van der Waals surface area contributed by atoms with Crippen molar-refractivity contribution in [1.29, 1.82) is 0 Å². The normalized spacial score (nSPS) is 17.2. The van der Waals surface area contributed by atoms with Crippen LogP contribution in [0.1, 0.15) is 77.1 Å². The number of anilines is 1. The van der Waals surface area contributed by atoms with Crippen LogP contribution in [-0.4, -0.2) is 62.2 Å². The Bertz CT molecular complexity index is 3430. The number of carbonyl (C=O) groups excluding carboxylic acids is 1. The van der Waals surface area contributed by atoms with E-state index in [1.165, 1.54) is 19.2 Å². The van der Waals surface area contributed by atoms with Gasteiger partial charge in [-0.05, 0) is 78.3 Å². The number of halogens is 9. The molecular formula is C49H41ClF8N8O6S. The van der Waals surface area contributed by atoms with Crippen molar-refractivity contribution in [3.63, 3.8) is 0 Å². The highest BCUT2D eigenvalue weighted by Gasteiger charge is 2.67. The van der Waals surface area contributed by atoms with Crippen LogP contribution in [0.3, 0.4) is 0 Å². The number of hydrogen-bond acceptors (Lipinski definition) is 9. The average molecular weight is 1060 g/mol. The molecule has 0 saturated heterocycles. The Kier molecular flexibility index (Phi) is 13.0. The lowest BCUT2D eigenvalue weighted by atomic mass is 10.0. The van der Waals surface area contributed by atoms with Crippen molar-refractivity contribution in [2.75, 3.05) is 11.4 Å². The van der Waals surface area contributed by atoms with Crippen molar-refractivity contribution in [3.05, 3.63) is 157 Å². The summed E-state index contributed by atoms with van der Waals surface area (Å²) in [6.45, 7) is -2.79. The number of carbonyl (C=O) groups is 1. The molecule has 0 aliphatic heterocycles. The number of nitrogens with one attached hydrogen (secondary N) is 1. The number of sulfonamides is 1. The van der Waals surface area contributed by atoms with Gasteiger partial charge in [-0.1, -0.05) is 54.1 Å². The lowest BCUT2D eigenvalue weighted by molar-refractivity contribution is -0.123. The molecule has 0 spiro atoms. The second-order valence-electron chi connectivity index (χ2n) is 18.0. The molecular weight excluding hydrogens is 1020 g/mol. The molecule has 7 aromatic rings. The molecule has 3 aromatic heterocycles. The zero-order chi connectivity index (χ0) is 51.7. The maximum Gasteiger partial charge on any atom is 0.293 e. The molecule has 0 unspecified atom stereocenters. The van der Waals surface area contributed by atoms with Gasteiger partial charge in [0, 0.05) is 24.0 Å². The van der Waals surface area contributed by atoms with Gasteiger partial charge in [0.2, 0.25) is 21.8 Å². The van der Waals surface area contributed by atoms with Crippen LogP contribution in [-0.2, 0) is 53.4 Å². The molecule has 24 heteroatoms. The minimum Gasteiger partial charge on any atom is -0.497 e. The average Bonchev–Trinajstić information content (AvgIpc) is 4.27. The zero-order valence-corrected chi connectivity index (χ0v) is 39.7. The molecule has 3 atom stereocenters. The smallest absolute Gasteiger partial charge is 0.293 e. The third-order valence-corrected chi connectivity index (χ3v) is 15.5. The number of amides is 1. The van der Waals surface area contributed by atoms with Gasteiger partial charge in [0.1, 0.15) is 54.3 Å². The summed E-state index contributed by atoms with van der Waals surface area (Å²) in [6, 6.07) is 19.1. The van der Waals surface area contributed by atoms with Crippen molar-refractivity contribution in [2.24, 2.45) is 5.92 Å². The fourth-order valence-corrected chi connectivity index (χ4v) is 11.5. The van der Waals surface area contributed by atoms with Gasteiger partial charge in [-0.25, -0.2) is 39.1 Å². The number of nitrogens with zero attached hydrogens (tertiary/aromatic N) is 7. The summed E-state index contributed by atoms with van der Waals surface area (Å²) in [7, 11) is -2.83. The van der Waals surface area contributed by atoms with E-state index in [0.29, 0.717) is 40.5 Å². The SMILES string of the molecule is COc1ccc(CN(c2nn(CC(F)F)c3c(-n4c([C@H](Cc5cc(F)cc(F)c5)NC(=O)Cn5nc(C(F)F)c6c5C(F)(F)[C@@H]5C[C@H]65)nc(OCc5ccccc5)cc4=O)ccc(Cl)c23)S(=O)(=O)C2CC2)cc1. The molecule has 10 rings (SSSR count). The van der Waals surface area contributed by atoms with E-state index in [1.54, 1.807) is 54.6 Å². The summed E-state index contributed by atoms with van der Waals surface area (Å²) in [4.78, 5) is 33.8. The molecule has 382 valence electrons. The van der Waals surface area contributed by atoms with Gasteiger partial charge < -0.3 is 14.8 Å².